The van der Waals surface area contributed by atoms with Gasteiger partial charge in [0.25, 0.3) is 0 Å². The molecule has 90 valence electrons. The molecule has 17 heavy (non-hydrogen) atoms. The van der Waals surface area contributed by atoms with E-state index >= 15 is 0 Å². The lowest BCUT2D eigenvalue weighted by Gasteiger charge is -2.04. The number of carbonyl (C=O) groups is 2. The van der Waals surface area contributed by atoms with Gasteiger partial charge in [0.2, 0.25) is 0 Å². The Hall–Kier alpha value is -1.73. The van der Waals surface area contributed by atoms with Crippen LogP contribution in [-0.2, 0) is 9.59 Å². The predicted molar refractivity (Wildman–Crippen MR) is 67.7 cm³/mol. The third-order valence-corrected chi connectivity index (χ3v) is 1.97. The maximum absolute atomic E-state index is 11.3. The fourth-order valence-electron chi connectivity index (χ4n) is 0.871. The van der Waals surface area contributed by atoms with Crippen molar-refractivity contribution in [1.29, 1.82) is 0 Å². The molecule has 6 nitrogen and oxygen atoms in total. The fraction of sp³-hybridized carbons (Fsp3) is 0.111. The maximum atomic E-state index is 11.3. The molecule has 0 aliphatic heterocycles. The van der Waals surface area contributed by atoms with Gasteiger partial charge in [-0.05, 0) is 12.1 Å². The van der Waals surface area contributed by atoms with Crippen molar-refractivity contribution >= 4 is 46.4 Å². The highest BCUT2D eigenvalue weighted by atomic mass is 35.5. The summed E-state index contributed by atoms with van der Waals surface area (Å²) < 4.78 is 0. The summed E-state index contributed by atoms with van der Waals surface area (Å²) in [5.41, 5.74) is 5.17. The van der Waals surface area contributed by atoms with Gasteiger partial charge in [-0.2, -0.15) is 0 Å². The Balaban J connectivity index is 2.51. The van der Waals surface area contributed by atoms with E-state index in [2.05, 4.69) is 27.8 Å². The fourth-order valence-corrected chi connectivity index (χ4v) is 1.05. The lowest BCUT2D eigenvalue weighted by molar-refractivity contribution is -0.136. The number of carbonyl (C=O) groups excluding carboxylic acids is 2. The standard InChI is InChI=1S/C9H9ClN4O2S/c10-5-1-2-7(12-3-5)14-9(16)8(15)13-4-6(11)17/h1-3H,4H2,(H2,11,17)(H,13,15)(H,12,14,16). The zero-order valence-electron chi connectivity index (χ0n) is 8.57. The molecule has 0 saturated heterocycles. The number of anilines is 1. The Morgan fingerprint density at radius 1 is 1.41 bits per heavy atom. The molecule has 0 aliphatic rings. The second kappa shape index (κ2) is 6.12. The van der Waals surface area contributed by atoms with Crippen LogP contribution >= 0.6 is 23.8 Å². The second-order valence-corrected chi connectivity index (χ2v) is 3.93. The van der Waals surface area contributed by atoms with Crippen molar-refractivity contribution in [3.8, 4) is 0 Å². The predicted octanol–water partition coefficient (Wildman–Crippen LogP) is 0.0758. The van der Waals surface area contributed by atoms with E-state index in [0.29, 0.717) is 5.02 Å². The summed E-state index contributed by atoms with van der Waals surface area (Å²) in [6.07, 6.45) is 1.35. The van der Waals surface area contributed by atoms with Gasteiger partial charge in [-0.1, -0.05) is 23.8 Å². The highest BCUT2D eigenvalue weighted by molar-refractivity contribution is 7.80. The normalized spacial score (nSPS) is 9.47. The Morgan fingerprint density at radius 2 is 2.12 bits per heavy atom. The van der Waals surface area contributed by atoms with Crippen molar-refractivity contribution in [3.63, 3.8) is 0 Å². The summed E-state index contributed by atoms with van der Waals surface area (Å²) in [7, 11) is 0. The Labute approximate surface area is 108 Å². The summed E-state index contributed by atoms with van der Waals surface area (Å²) in [4.78, 5) is 26.5. The lowest BCUT2D eigenvalue weighted by Crippen LogP contribution is -2.39. The van der Waals surface area contributed by atoms with Crippen LogP contribution in [0.1, 0.15) is 0 Å². The zero-order valence-corrected chi connectivity index (χ0v) is 10.1. The van der Waals surface area contributed by atoms with E-state index in [1.165, 1.54) is 18.3 Å². The first-order chi connectivity index (χ1) is 7.99. The van der Waals surface area contributed by atoms with Gasteiger partial charge in [-0.15, -0.1) is 0 Å². The van der Waals surface area contributed by atoms with Crippen LogP contribution < -0.4 is 16.4 Å². The number of aromatic nitrogens is 1. The number of nitrogens with zero attached hydrogens (tertiary/aromatic N) is 1. The number of thiocarbonyl (C=S) groups is 1. The monoisotopic (exact) mass is 272 g/mol. The maximum Gasteiger partial charge on any atom is 0.314 e. The van der Waals surface area contributed by atoms with Crippen LogP contribution in [0.15, 0.2) is 18.3 Å². The summed E-state index contributed by atoms with van der Waals surface area (Å²) in [5.74, 6) is -1.46. The molecule has 0 saturated carbocycles. The van der Waals surface area contributed by atoms with E-state index in [9.17, 15) is 9.59 Å². The number of amides is 2. The number of rotatable bonds is 3. The van der Waals surface area contributed by atoms with E-state index in [1.807, 2.05) is 0 Å². The Bertz CT molecular complexity index is 449. The van der Waals surface area contributed by atoms with E-state index in [1.54, 1.807) is 0 Å². The molecule has 2 amide bonds. The van der Waals surface area contributed by atoms with Crippen LogP contribution in [0.5, 0.6) is 0 Å². The van der Waals surface area contributed by atoms with E-state index in [-0.39, 0.29) is 17.4 Å². The lowest BCUT2D eigenvalue weighted by atomic mass is 10.4. The van der Waals surface area contributed by atoms with Gasteiger partial charge in [-0.3, -0.25) is 9.59 Å². The number of nitrogens with one attached hydrogen (secondary N) is 2. The smallest absolute Gasteiger partial charge is 0.314 e. The second-order valence-electron chi connectivity index (χ2n) is 2.96. The van der Waals surface area contributed by atoms with Crippen LogP contribution in [0.2, 0.25) is 5.02 Å². The molecule has 1 rings (SSSR count). The van der Waals surface area contributed by atoms with Gasteiger partial charge in [-0.25, -0.2) is 4.98 Å². The quantitative estimate of drug-likeness (QED) is 0.535. The molecule has 4 N–H and O–H groups in total. The molecule has 0 aliphatic carbocycles. The van der Waals surface area contributed by atoms with Crippen LogP contribution in [0.3, 0.4) is 0 Å². The minimum absolute atomic E-state index is 0.0321. The van der Waals surface area contributed by atoms with Crippen molar-refractivity contribution in [3.05, 3.63) is 23.4 Å². The highest BCUT2D eigenvalue weighted by Gasteiger charge is 2.13. The van der Waals surface area contributed by atoms with Gasteiger partial charge < -0.3 is 16.4 Å². The number of pyridine rings is 1. The third kappa shape index (κ3) is 4.75. The van der Waals surface area contributed by atoms with Crippen molar-refractivity contribution in [2.24, 2.45) is 5.73 Å². The van der Waals surface area contributed by atoms with Gasteiger partial charge in [0.15, 0.2) is 0 Å². The molecule has 1 aromatic rings. The average Bonchev–Trinajstić information content (AvgIpc) is 2.28. The largest absolute Gasteiger partial charge is 0.392 e. The Morgan fingerprint density at radius 3 is 2.65 bits per heavy atom. The first kappa shape index (κ1) is 13.3. The molecule has 1 aromatic heterocycles. The van der Waals surface area contributed by atoms with Crippen LogP contribution in [0.25, 0.3) is 0 Å². The Kier molecular flexibility index (Phi) is 4.80. The van der Waals surface area contributed by atoms with Gasteiger partial charge >= 0.3 is 11.8 Å². The van der Waals surface area contributed by atoms with Crippen LogP contribution in [0, 0.1) is 0 Å². The molecule has 0 spiro atoms. The number of hydrogen-bond acceptors (Lipinski definition) is 4. The molecule has 1 heterocycles. The van der Waals surface area contributed by atoms with E-state index < -0.39 is 11.8 Å². The first-order valence-electron chi connectivity index (χ1n) is 4.48. The van der Waals surface area contributed by atoms with E-state index in [0.717, 1.165) is 0 Å². The minimum Gasteiger partial charge on any atom is -0.392 e. The van der Waals surface area contributed by atoms with Crippen molar-refractivity contribution < 1.29 is 9.59 Å². The number of halogens is 1. The van der Waals surface area contributed by atoms with Crippen molar-refractivity contribution in [2.75, 3.05) is 11.9 Å². The molecule has 0 unspecified atom stereocenters. The van der Waals surface area contributed by atoms with Crippen LogP contribution in [-0.4, -0.2) is 28.3 Å². The minimum atomic E-state index is -0.851. The molecule has 0 fully saturated rings. The topological polar surface area (TPSA) is 97.1 Å². The summed E-state index contributed by atoms with van der Waals surface area (Å²) >= 11 is 10.2. The molecule has 0 atom stereocenters. The molecular weight excluding hydrogens is 264 g/mol. The van der Waals surface area contributed by atoms with E-state index in [4.69, 9.17) is 17.3 Å². The van der Waals surface area contributed by atoms with Crippen molar-refractivity contribution in [2.45, 2.75) is 0 Å². The third-order valence-electron chi connectivity index (χ3n) is 1.60. The SMILES string of the molecule is NC(=S)CNC(=O)C(=O)Nc1ccc(Cl)cn1. The summed E-state index contributed by atoms with van der Waals surface area (Å²) in [6.45, 7) is -0.0321. The van der Waals surface area contributed by atoms with Gasteiger partial charge in [0, 0.05) is 6.20 Å². The highest BCUT2D eigenvalue weighted by Crippen LogP contribution is 2.09. The zero-order chi connectivity index (χ0) is 12.8. The molecule has 8 heteroatoms. The number of hydrogen-bond donors (Lipinski definition) is 3. The summed E-state index contributed by atoms with van der Waals surface area (Å²) in [5, 5.41) is 4.96. The molecule has 0 radical (unpaired) electrons. The molecule has 0 aromatic carbocycles. The van der Waals surface area contributed by atoms with Gasteiger partial charge in [0.1, 0.15) is 5.82 Å². The summed E-state index contributed by atoms with van der Waals surface area (Å²) in [6, 6.07) is 3.01. The van der Waals surface area contributed by atoms with Crippen LogP contribution in [0.4, 0.5) is 5.82 Å². The van der Waals surface area contributed by atoms with Gasteiger partial charge in [0.05, 0.1) is 16.6 Å². The molecule has 0 bridgehead atoms. The molecular formula is C9H9ClN4O2S. The first-order valence-corrected chi connectivity index (χ1v) is 5.26. The average molecular weight is 273 g/mol. The van der Waals surface area contributed by atoms with Crippen molar-refractivity contribution in [1.82, 2.24) is 10.3 Å². The number of nitrogens with two attached hydrogens (primary N) is 1.